The summed E-state index contributed by atoms with van der Waals surface area (Å²) in [6.45, 7) is 5.24. The normalized spacial score (nSPS) is 11.8. The fourth-order valence-electron chi connectivity index (χ4n) is 3.82. The SMILES string of the molecule is Cc1cc(C)c(S(=O)(=O)N(CCc2ccccc2)CC(=O)NN=Cc2ccc(O)cc2)c(C)c1. The van der Waals surface area contributed by atoms with Gasteiger partial charge in [-0.3, -0.25) is 4.79 Å². The van der Waals surface area contributed by atoms with Crippen molar-refractivity contribution in [3.8, 4) is 5.75 Å². The molecule has 0 aliphatic rings. The largest absolute Gasteiger partial charge is 0.508 e. The van der Waals surface area contributed by atoms with Gasteiger partial charge in [-0.05, 0) is 73.7 Å². The van der Waals surface area contributed by atoms with E-state index in [1.54, 1.807) is 26.0 Å². The fraction of sp³-hybridized carbons (Fsp3) is 0.231. The Hall–Kier alpha value is -3.49. The van der Waals surface area contributed by atoms with E-state index in [0.29, 0.717) is 23.1 Å². The van der Waals surface area contributed by atoms with Gasteiger partial charge in [0.2, 0.25) is 10.0 Å². The summed E-state index contributed by atoms with van der Waals surface area (Å²) >= 11 is 0. The summed E-state index contributed by atoms with van der Waals surface area (Å²) in [6.07, 6.45) is 1.89. The molecule has 0 bridgehead atoms. The standard InChI is InChI=1S/C26H29N3O4S/c1-19-15-20(2)26(21(3)16-19)34(32,33)29(14-13-22-7-5-4-6-8-22)18-25(31)28-27-17-23-9-11-24(30)12-10-23/h4-12,15-17,30H,13-14,18H2,1-3H3,(H,28,31). The molecule has 0 aliphatic heterocycles. The van der Waals surface area contributed by atoms with Crippen molar-refractivity contribution < 1.29 is 18.3 Å². The molecule has 0 spiro atoms. The van der Waals surface area contributed by atoms with Gasteiger partial charge in [-0.15, -0.1) is 0 Å². The smallest absolute Gasteiger partial charge is 0.255 e. The number of nitrogens with one attached hydrogen (secondary N) is 1. The van der Waals surface area contributed by atoms with Crippen LogP contribution in [0.2, 0.25) is 0 Å². The van der Waals surface area contributed by atoms with Crippen LogP contribution in [-0.4, -0.2) is 43.0 Å². The average molecular weight is 480 g/mol. The fourth-order valence-corrected chi connectivity index (χ4v) is 5.63. The zero-order valence-electron chi connectivity index (χ0n) is 19.5. The van der Waals surface area contributed by atoms with Crippen molar-refractivity contribution in [2.45, 2.75) is 32.1 Å². The number of carbonyl (C=O) groups is 1. The van der Waals surface area contributed by atoms with Crippen LogP contribution in [0.15, 0.2) is 76.7 Å². The molecule has 0 aromatic heterocycles. The van der Waals surface area contributed by atoms with Crippen LogP contribution in [0.4, 0.5) is 0 Å². The Balaban J connectivity index is 1.81. The van der Waals surface area contributed by atoms with Crippen LogP contribution in [0.3, 0.4) is 0 Å². The molecule has 0 heterocycles. The number of phenols is 1. The van der Waals surface area contributed by atoms with Gasteiger partial charge in [0.05, 0.1) is 17.7 Å². The van der Waals surface area contributed by atoms with Crippen molar-refractivity contribution in [2.75, 3.05) is 13.1 Å². The average Bonchev–Trinajstić information content (AvgIpc) is 2.77. The summed E-state index contributed by atoms with van der Waals surface area (Å²) in [4.78, 5) is 12.9. The zero-order chi connectivity index (χ0) is 24.7. The van der Waals surface area contributed by atoms with E-state index in [-0.39, 0.29) is 23.7 Å². The summed E-state index contributed by atoms with van der Waals surface area (Å²) in [5.41, 5.74) is 6.32. The molecule has 34 heavy (non-hydrogen) atoms. The Morgan fingerprint density at radius 1 is 1.00 bits per heavy atom. The van der Waals surface area contributed by atoms with Gasteiger partial charge in [0.15, 0.2) is 0 Å². The summed E-state index contributed by atoms with van der Waals surface area (Å²) in [6, 6.07) is 19.5. The van der Waals surface area contributed by atoms with Crippen LogP contribution in [0, 0.1) is 20.8 Å². The number of hydrazone groups is 1. The lowest BCUT2D eigenvalue weighted by Gasteiger charge is -2.24. The third-order valence-electron chi connectivity index (χ3n) is 5.31. The van der Waals surface area contributed by atoms with Crippen molar-refractivity contribution in [1.29, 1.82) is 0 Å². The molecule has 3 aromatic carbocycles. The maximum atomic E-state index is 13.7. The van der Waals surface area contributed by atoms with Crippen molar-refractivity contribution >= 4 is 22.1 Å². The van der Waals surface area contributed by atoms with Crippen LogP contribution in [0.5, 0.6) is 5.75 Å². The number of carbonyl (C=O) groups excluding carboxylic acids is 1. The van der Waals surface area contributed by atoms with E-state index in [1.807, 2.05) is 49.4 Å². The van der Waals surface area contributed by atoms with E-state index < -0.39 is 15.9 Å². The van der Waals surface area contributed by atoms with Crippen LogP contribution in [0.25, 0.3) is 0 Å². The van der Waals surface area contributed by atoms with E-state index in [0.717, 1.165) is 11.1 Å². The highest BCUT2D eigenvalue weighted by Crippen LogP contribution is 2.25. The summed E-state index contributed by atoms with van der Waals surface area (Å²) in [5.74, 6) is -0.420. The lowest BCUT2D eigenvalue weighted by molar-refractivity contribution is -0.121. The highest BCUT2D eigenvalue weighted by atomic mass is 32.2. The quantitative estimate of drug-likeness (QED) is 0.361. The first-order valence-corrected chi connectivity index (χ1v) is 12.3. The molecule has 7 nitrogen and oxygen atoms in total. The molecule has 0 atom stereocenters. The van der Waals surface area contributed by atoms with E-state index in [1.165, 1.54) is 22.7 Å². The van der Waals surface area contributed by atoms with Crippen LogP contribution in [0.1, 0.15) is 27.8 Å². The Morgan fingerprint density at radius 2 is 1.62 bits per heavy atom. The topological polar surface area (TPSA) is 99.1 Å². The van der Waals surface area contributed by atoms with Gasteiger partial charge < -0.3 is 5.11 Å². The minimum atomic E-state index is -3.93. The maximum absolute atomic E-state index is 13.7. The number of hydrogen-bond donors (Lipinski definition) is 2. The van der Waals surface area contributed by atoms with Gasteiger partial charge in [0.1, 0.15) is 5.75 Å². The van der Waals surface area contributed by atoms with Gasteiger partial charge in [-0.1, -0.05) is 48.0 Å². The number of benzene rings is 3. The molecule has 3 rings (SSSR count). The molecule has 0 radical (unpaired) electrons. The minimum Gasteiger partial charge on any atom is -0.508 e. The third kappa shape index (κ3) is 6.52. The number of rotatable bonds is 9. The third-order valence-corrected chi connectivity index (χ3v) is 7.46. The number of sulfonamides is 1. The lowest BCUT2D eigenvalue weighted by atomic mass is 10.1. The molecular formula is C26H29N3O4S. The molecule has 178 valence electrons. The minimum absolute atomic E-state index is 0.127. The molecule has 8 heteroatoms. The number of aromatic hydroxyl groups is 1. The van der Waals surface area contributed by atoms with Gasteiger partial charge in [-0.25, -0.2) is 13.8 Å². The molecule has 1 amide bonds. The van der Waals surface area contributed by atoms with Crippen molar-refractivity contribution in [2.24, 2.45) is 5.10 Å². The van der Waals surface area contributed by atoms with E-state index in [2.05, 4.69) is 10.5 Å². The summed E-state index contributed by atoms with van der Waals surface area (Å²) in [7, 11) is -3.93. The Bertz CT molecular complexity index is 1250. The van der Waals surface area contributed by atoms with Crippen LogP contribution >= 0.6 is 0 Å². The molecule has 2 N–H and O–H groups in total. The second-order valence-electron chi connectivity index (χ2n) is 8.19. The number of amides is 1. The molecular weight excluding hydrogens is 450 g/mol. The highest BCUT2D eigenvalue weighted by Gasteiger charge is 2.29. The van der Waals surface area contributed by atoms with E-state index in [4.69, 9.17) is 0 Å². The van der Waals surface area contributed by atoms with Crippen LogP contribution < -0.4 is 5.43 Å². The number of hydrogen-bond acceptors (Lipinski definition) is 5. The first-order chi connectivity index (χ1) is 16.2. The van der Waals surface area contributed by atoms with Crippen molar-refractivity contribution in [3.05, 3.63) is 94.5 Å². The maximum Gasteiger partial charge on any atom is 0.255 e. The Labute approximate surface area is 200 Å². The molecule has 0 saturated carbocycles. The Morgan fingerprint density at radius 3 is 2.24 bits per heavy atom. The predicted octanol–water partition coefficient (Wildman–Crippen LogP) is 3.70. The number of phenolic OH excluding ortho intramolecular Hbond substituents is 1. The Kier molecular flexibility index (Phi) is 8.20. The molecule has 0 fully saturated rings. The molecule has 0 unspecified atom stereocenters. The zero-order valence-corrected chi connectivity index (χ0v) is 20.3. The number of aryl methyl sites for hydroxylation is 3. The van der Waals surface area contributed by atoms with Gasteiger partial charge in [0, 0.05) is 6.54 Å². The lowest BCUT2D eigenvalue weighted by Crippen LogP contribution is -2.41. The van der Waals surface area contributed by atoms with Crippen molar-refractivity contribution in [1.82, 2.24) is 9.73 Å². The summed E-state index contributed by atoms with van der Waals surface area (Å²) in [5, 5.41) is 13.3. The second kappa shape index (κ2) is 11.1. The monoisotopic (exact) mass is 479 g/mol. The molecule has 0 aliphatic carbocycles. The number of nitrogens with zero attached hydrogens (tertiary/aromatic N) is 2. The second-order valence-corrected chi connectivity index (χ2v) is 10.1. The van der Waals surface area contributed by atoms with Gasteiger partial charge in [0.25, 0.3) is 5.91 Å². The predicted molar refractivity (Wildman–Crippen MR) is 133 cm³/mol. The molecule has 0 saturated heterocycles. The molecule has 3 aromatic rings. The summed E-state index contributed by atoms with van der Waals surface area (Å²) < 4.78 is 28.5. The van der Waals surface area contributed by atoms with Crippen LogP contribution in [-0.2, 0) is 21.2 Å². The first kappa shape index (κ1) is 25.1. The van der Waals surface area contributed by atoms with Crippen molar-refractivity contribution in [3.63, 3.8) is 0 Å². The van der Waals surface area contributed by atoms with Gasteiger partial charge in [-0.2, -0.15) is 9.41 Å². The van der Waals surface area contributed by atoms with Gasteiger partial charge >= 0.3 is 0 Å². The highest BCUT2D eigenvalue weighted by molar-refractivity contribution is 7.89. The van der Waals surface area contributed by atoms with E-state index in [9.17, 15) is 18.3 Å². The van der Waals surface area contributed by atoms with E-state index >= 15 is 0 Å². The first-order valence-electron chi connectivity index (χ1n) is 10.9.